The zero-order valence-corrected chi connectivity index (χ0v) is 15.0. The Labute approximate surface area is 159 Å². The van der Waals surface area contributed by atoms with Gasteiger partial charge in [-0.15, -0.1) is 11.3 Å². The first-order valence-corrected chi connectivity index (χ1v) is 9.20. The van der Waals surface area contributed by atoms with E-state index < -0.39 is 22.2 Å². The summed E-state index contributed by atoms with van der Waals surface area (Å²) in [6, 6.07) is 11.7. The molecule has 0 spiro atoms. The van der Waals surface area contributed by atoms with Crippen LogP contribution in [0.4, 0.5) is 17.2 Å². The topological polar surface area (TPSA) is 134 Å². The van der Waals surface area contributed by atoms with E-state index in [0.29, 0.717) is 10.4 Å². The van der Waals surface area contributed by atoms with Gasteiger partial charge in [-0.3, -0.25) is 14.7 Å². The van der Waals surface area contributed by atoms with Crippen molar-refractivity contribution in [1.29, 1.82) is 0 Å². The van der Waals surface area contributed by atoms with Crippen molar-refractivity contribution in [3.63, 3.8) is 0 Å². The standard InChI is InChI=1S/C16H11N3O6S2/c20-16(21)15-12(18(27(24)25)14-3-1-2-8-17-14)9-13(26-15)10-4-6-11(7-5-10)19(22)23/h1-9H,(H,20,21)(H,24,25). The fourth-order valence-corrected chi connectivity index (χ4v) is 3.96. The summed E-state index contributed by atoms with van der Waals surface area (Å²) in [6.45, 7) is 0. The zero-order valence-electron chi connectivity index (χ0n) is 13.4. The highest BCUT2D eigenvalue weighted by molar-refractivity contribution is 7.81. The van der Waals surface area contributed by atoms with Crippen LogP contribution in [0.1, 0.15) is 9.67 Å². The minimum Gasteiger partial charge on any atom is -0.477 e. The monoisotopic (exact) mass is 405 g/mol. The summed E-state index contributed by atoms with van der Waals surface area (Å²) in [5, 5.41) is 20.3. The molecule has 1 unspecified atom stereocenters. The highest BCUT2D eigenvalue weighted by Crippen LogP contribution is 2.40. The molecule has 2 heterocycles. The Kier molecular flexibility index (Phi) is 5.26. The number of benzene rings is 1. The second kappa shape index (κ2) is 7.61. The number of carbonyl (C=O) groups is 1. The Hall–Kier alpha value is -3.15. The Morgan fingerprint density at radius 3 is 2.44 bits per heavy atom. The molecule has 3 aromatic rings. The second-order valence-electron chi connectivity index (χ2n) is 5.15. The summed E-state index contributed by atoms with van der Waals surface area (Å²) in [5.41, 5.74) is 0.449. The molecule has 0 saturated heterocycles. The van der Waals surface area contributed by atoms with Crippen LogP contribution in [0.2, 0.25) is 0 Å². The highest BCUT2D eigenvalue weighted by Gasteiger charge is 2.26. The molecule has 2 N–H and O–H groups in total. The number of rotatable bonds is 6. The number of nitrogens with zero attached hydrogens (tertiary/aromatic N) is 3. The normalized spacial score (nSPS) is 11.7. The average Bonchev–Trinajstić information content (AvgIpc) is 3.07. The molecule has 9 nitrogen and oxygen atoms in total. The van der Waals surface area contributed by atoms with Crippen molar-refractivity contribution in [3.8, 4) is 10.4 Å². The van der Waals surface area contributed by atoms with Crippen molar-refractivity contribution < 1.29 is 23.6 Å². The maximum atomic E-state index is 11.9. The third-order valence-corrected chi connectivity index (χ3v) is 5.36. The van der Waals surface area contributed by atoms with Crippen LogP contribution in [-0.2, 0) is 11.3 Å². The number of carboxylic acid groups (broad SMARTS) is 1. The molecule has 11 heteroatoms. The number of hydrogen-bond acceptors (Lipinski definition) is 6. The number of carboxylic acids is 1. The molecule has 3 rings (SSSR count). The lowest BCUT2D eigenvalue weighted by molar-refractivity contribution is -0.384. The van der Waals surface area contributed by atoms with Gasteiger partial charge in [0, 0.05) is 23.2 Å². The van der Waals surface area contributed by atoms with E-state index in [0.717, 1.165) is 15.6 Å². The van der Waals surface area contributed by atoms with Crippen molar-refractivity contribution in [1.82, 2.24) is 4.98 Å². The van der Waals surface area contributed by atoms with E-state index in [1.54, 1.807) is 12.1 Å². The average molecular weight is 405 g/mol. The molecule has 27 heavy (non-hydrogen) atoms. The van der Waals surface area contributed by atoms with Crippen LogP contribution in [0.5, 0.6) is 0 Å². The lowest BCUT2D eigenvalue weighted by Gasteiger charge is -2.18. The zero-order chi connectivity index (χ0) is 19.6. The van der Waals surface area contributed by atoms with Gasteiger partial charge in [-0.1, -0.05) is 6.07 Å². The lowest BCUT2D eigenvalue weighted by Crippen LogP contribution is -2.21. The Morgan fingerprint density at radius 2 is 1.93 bits per heavy atom. The van der Waals surface area contributed by atoms with E-state index in [9.17, 15) is 28.8 Å². The van der Waals surface area contributed by atoms with Gasteiger partial charge in [0.25, 0.3) is 17.0 Å². The molecule has 0 aliphatic rings. The number of hydrogen-bond donors (Lipinski definition) is 2. The van der Waals surface area contributed by atoms with Gasteiger partial charge in [0.15, 0.2) is 0 Å². The van der Waals surface area contributed by atoms with Crippen LogP contribution in [0.3, 0.4) is 0 Å². The van der Waals surface area contributed by atoms with Crippen LogP contribution in [0.15, 0.2) is 54.7 Å². The van der Waals surface area contributed by atoms with E-state index in [2.05, 4.69) is 4.98 Å². The molecular weight excluding hydrogens is 394 g/mol. The summed E-state index contributed by atoms with van der Waals surface area (Å²) in [4.78, 5) is 26.2. The lowest BCUT2D eigenvalue weighted by atomic mass is 10.1. The molecule has 0 bridgehead atoms. The van der Waals surface area contributed by atoms with Gasteiger partial charge in [-0.05, 0) is 35.9 Å². The van der Waals surface area contributed by atoms with Crippen LogP contribution < -0.4 is 4.31 Å². The largest absolute Gasteiger partial charge is 0.477 e. The van der Waals surface area contributed by atoms with E-state index in [4.69, 9.17) is 0 Å². The van der Waals surface area contributed by atoms with Crippen molar-refractivity contribution >= 4 is 45.8 Å². The Morgan fingerprint density at radius 1 is 1.22 bits per heavy atom. The number of non-ortho nitro benzene ring substituents is 1. The first kappa shape index (κ1) is 18.6. The third-order valence-electron chi connectivity index (χ3n) is 3.50. The van der Waals surface area contributed by atoms with Crippen LogP contribution in [0, 0.1) is 10.1 Å². The van der Waals surface area contributed by atoms with Gasteiger partial charge < -0.3 is 5.11 Å². The minimum atomic E-state index is -2.56. The SMILES string of the molecule is O=C(O)c1sc(-c2ccc([N+](=O)[O-])cc2)cc1N(c1ccccn1)S(=O)O. The summed E-state index contributed by atoms with van der Waals surface area (Å²) in [7, 11) is 0. The van der Waals surface area contributed by atoms with Gasteiger partial charge in [0.05, 0.1) is 10.6 Å². The van der Waals surface area contributed by atoms with Gasteiger partial charge in [-0.2, -0.15) is 0 Å². The number of thiophene rings is 1. The van der Waals surface area contributed by atoms with Crippen molar-refractivity contribution in [3.05, 3.63) is 69.7 Å². The highest BCUT2D eigenvalue weighted by atomic mass is 32.2. The number of aromatic nitrogens is 1. The fraction of sp³-hybridized carbons (Fsp3) is 0. The number of aromatic carboxylic acids is 1. The van der Waals surface area contributed by atoms with E-state index in [-0.39, 0.29) is 22.1 Å². The molecule has 0 aliphatic carbocycles. The first-order valence-electron chi connectivity index (χ1n) is 7.32. The summed E-state index contributed by atoms with van der Waals surface area (Å²) < 4.78 is 22.5. The third kappa shape index (κ3) is 3.84. The van der Waals surface area contributed by atoms with E-state index in [1.807, 2.05) is 0 Å². The van der Waals surface area contributed by atoms with E-state index in [1.165, 1.54) is 42.6 Å². The van der Waals surface area contributed by atoms with Gasteiger partial charge in [0.2, 0.25) is 0 Å². The summed E-state index contributed by atoms with van der Waals surface area (Å²) in [6.07, 6.45) is 1.42. The number of nitro groups is 1. The maximum Gasteiger partial charge on any atom is 0.348 e. The Balaban J connectivity index is 2.11. The Bertz CT molecular complexity index is 1020. The molecule has 0 radical (unpaired) electrons. The molecule has 2 aromatic heterocycles. The first-order chi connectivity index (χ1) is 12.9. The molecular formula is C16H11N3O6S2. The van der Waals surface area contributed by atoms with E-state index >= 15 is 0 Å². The van der Waals surface area contributed by atoms with Gasteiger partial charge in [0.1, 0.15) is 10.7 Å². The minimum absolute atomic E-state index is 0.000358. The smallest absolute Gasteiger partial charge is 0.348 e. The van der Waals surface area contributed by atoms with Crippen LogP contribution >= 0.6 is 11.3 Å². The molecule has 0 saturated carbocycles. The molecule has 1 aromatic carbocycles. The molecule has 1 atom stereocenters. The van der Waals surface area contributed by atoms with Crippen molar-refractivity contribution in [2.45, 2.75) is 0 Å². The summed E-state index contributed by atoms with van der Waals surface area (Å²) in [5.74, 6) is -1.16. The molecule has 0 aliphatic heterocycles. The van der Waals surface area contributed by atoms with Crippen molar-refractivity contribution in [2.24, 2.45) is 0 Å². The second-order valence-corrected chi connectivity index (χ2v) is 7.03. The van der Waals surface area contributed by atoms with Crippen LogP contribution in [-0.4, -0.2) is 29.7 Å². The molecule has 0 amide bonds. The number of anilines is 2. The number of nitro benzene ring substituents is 1. The summed E-state index contributed by atoms with van der Waals surface area (Å²) >= 11 is -1.67. The molecule has 138 valence electrons. The predicted octanol–water partition coefficient (Wildman–Crippen LogP) is 3.69. The number of pyridine rings is 1. The predicted molar refractivity (Wildman–Crippen MR) is 101 cm³/mol. The maximum absolute atomic E-state index is 11.9. The fourth-order valence-electron chi connectivity index (χ4n) is 2.34. The quantitative estimate of drug-likeness (QED) is 0.363. The van der Waals surface area contributed by atoms with Crippen LogP contribution in [0.25, 0.3) is 10.4 Å². The molecule has 0 fully saturated rings. The van der Waals surface area contributed by atoms with Gasteiger partial charge in [-0.25, -0.2) is 18.3 Å². The van der Waals surface area contributed by atoms with Crippen molar-refractivity contribution in [2.75, 3.05) is 4.31 Å². The van der Waals surface area contributed by atoms with Gasteiger partial charge >= 0.3 is 5.97 Å².